The Hall–Kier alpha value is -6.80. The van der Waals surface area contributed by atoms with E-state index in [1.165, 1.54) is 0 Å². The first-order chi connectivity index (χ1) is 29.2. The summed E-state index contributed by atoms with van der Waals surface area (Å²) in [5.74, 6) is -8.45. The van der Waals surface area contributed by atoms with Crippen molar-refractivity contribution in [1.82, 2.24) is 0 Å². The summed E-state index contributed by atoms with van der Waals surface area (Å²) in [6, 6.07) is 54.3. The molecule has 2 saturated carbocycles. The molecule has 302 valence electrons. The Morgan fingerprint density at radius 3 is 1.15 bits per heavy atom. The minimum atomic E-state index is -0.988. The Balaban J connectivity index is 1.07. The number of benzene rings is 6. The number of esters is 2. The zero-order chi connectivity index (χ0) is 41.8. The van der Waals surface area contributed by atoms with E-state index in [2.05, 4.69) is 0 Å². The van der Waals surface area contributed by atoms with E-state index in [-0.39, 0.29) is 0 Å². The Morgan fingerprint density at radius 1 is 0.433 bits per heavy atom. The highest BCUT2D eigenvalue weighted by Gasteiger charge is 2.60. The fraction of sp³-hybridized carbons (Fsp3) is 0.231. The van der Waals surface area contributed by atoms with Crippen molar-refractivity contribution in [2.24, 2.45) is 23.7 Å². The Kier molecular flexibility index (Phi) is 11.7. The summed E-state index contributed by atoms with van der Waals surface area (Å²) in [4.78, 5) is 54.4. The van der Waals surface area contributed by atoms with Crippen molar-refractivity contribution < 1.29 is 38.9 Å². The first kappa shape index (κ1) is 40.0. The van der Waals surface area contributed by atoms with Crippen LogP contribution in [0.2, 0.25) is 0 Å². The van der Waals surface area contributed by atoms with Crippen LogP contribution >= 0.6 is 0 Å². The number of hydrogen-bond donors (Lipinski definition) is 2. The quantitative estimate of drug-likeness (QED) is 0.104. The zero-order valence-electron chi connectivity index (χ0n) is 33.1. The van der Waals surface area contributed by atoms with E-state index in [9.17, 15) is 29.4 Å². The first-order valence-corrected chi connectivity index (χ1v) is 20.4. The van der Waals surface area contributed by atoms with Crippen LogP contribution in [0, 0.1) is 23.7 Å². The van der Waals surface area contributed by atoms with E-state index >= 15 is 0 Å². The summed E-state index contributed by atoms with van der Waals surface area (Å²) in [5.41, 5.74) is 5.47. The summed E-state index contributed by atoms with van der Waals surface area (Å²) in [5, 5.41) is 21.1. The van der Waals surface area contributed by atoms with Gasteiger partial charge in [-0.3, -0.25) is 19.2 Å². The smallest absolute Gasteiger partial charge is 0.310 e. The van der Waals surface area contributed by atoms with Gasteiger partial charge in [0.1, 0.15) is 12.2 Å². The molecule has 2 N–H and O–H groups in total. The van der Waals surface area contributed by atoms with E-state index in [4.69, 9.17) is 9.47 Å². The topological polar surface area (TPSA) is 127 Å². The van der Waals surface area contributed by atoms with E-state index in [0.29, 0.717) is 12.0 Å². The first-order valence-electron chi connectivity index (χ1n) is 20.4. The fourth-order valence-corrected chi connectivity index (χ4v) is 9.63. The number of carboxylic acids is 2. The average Bonchev–Trinajstić information content (AvgIpc) is 3.25. The number of aliphatic carboxylic acids is 2. The van der Waals surface area contributed by atoms with Crippen molar-refractivity contribution in [3.63, 3.8) is 0 Å². The van der Waals surface area contributed by atoms with Gasteiger partial charge >= 0.3 is 23.9 Å². The highest BCUT2D eigenvalue weighted by atomic mass is 16.5. The molecule has 0 unspecified atom stereocenters. The molecule has 8 heteroatoms. The molecule has 2 fully saturated rings. The van der Waals surface area contributed by atoms with Gasteiger partial charge in [0.25, 0.3) is 0 Å². The molecule has 6 aromatic rings. The van der Waals surface area contributed by atoms with Crippen molar-refractivity contribution in [1.29, 1.82) is 0 Å². The summed E-state index contributed by atoms with van der Waals surface area (Å²) in [6.45, 7) is 1.82. The lowest BCUT2D eigenvalue weighted by Crippen LogP contribution is -2.51. The molecule has 0 aromatic heterocycles. The van der Waals surface area contributed by atoms with Crippen molar-refractivity contribution >= 4 is 23.9 Å². The monoisotopic (exact) mass is 798 g/mol. The van der Waals surface area contributed by atoms with Crippen molar-refractivity contribution in [3.8, 4) is 0 Å². The molecule has 0 radical (unpaired) electrons. The molecule has 8 atom stereocenters. The second kappa shape index (κ2) is 17.6. The SMILES string of the molecule is C[C@H](OC(=O)[C@@H]1[C@@H](c2ccccc2)[C@H](C(=O)O)[C@@H]1c1ccc(C[C@H](OC(=O)[C@H]2[C@H](c3ccccc3)[C@@H](C(=O)O)[C@H]2c2ccccc2)c2ccccc2)cc1)c1ccccc1. The minimum Gasteiger partial charge on any atom is -0.481 e. The van der Waals surface area contributed by atoms with Gasteiger partial charge in [0, 0.05) is 30.1 Å². The Bertz CT molecular complexity index is 2360. The lowest BCUT2D eigenvalue weighted by Gasteiger charge is -2.49. The molecule has 60 heavy (non-hydrogen) atoms. The van der Waals surface area contributed by atoms with Gasteiger partial charge in [-0.2, -0.15) is 0 Å². The van der Waals surface area contributed by atoms with Crippen LogP contribution in [0.5, 0.6) is 0 Å². The third-order valence-electron chi connectivity index (χ3n) is 12.5. The van der Waals surface area contributed by atoms with Gasteiger partial charge in [-0.25, -0.2) is 0 Å². The molecular weight excluding hydrogens is 753 g/mol. The van der Waals surface area contributed by atoms with Crippen molar-refractivity contribution in [2.75, 3.05) is 0 Å². The van der Waals surface area contributed by atoms with Crippen LogP contribution < -0.4 is 0 Å². The van der Waals surface area contributed by atoms with Crippen LogP contribution in [-0.4, -0.2) is 34.1 Å². The van der Waals surface area contributed by atoms with E-state index in [0.717, 1.165) is 33.4 Å². The Morgan fingerprint density at radius 2 is 0.767 bits per heavy atom. The summed E-state index contributed by atoms with van der Waals surface area (Å²) in [7, 11) is 0. The number of carbonyl (C=O) groups is 4. The molecule has 0 amide bonds. The predicted octanol–water partition coefficient (Wildman–Crippen LogP) is 9.91. The van der Waals surface area contributed by atoms with Crippen LogP contribution in [0.25, 0.3) is 0 Å². The van der Waals surface area contributed by atoms with Gasteiger partial charge in [-0.15, -0.1) is 0 Å². The van der Waals surface area contributed by atoms with Crippen molar-refractivity contribution in [3.05, 3.63) is 215 Å². The van der Waals surface area contributed by atoms with Gasteiger partial charge < -0.3 is 19.7 Å². The standard InChI is InChI=1S/C52H46O8/c1-32(34-17-7-2-8-18-34)59-51(57)47-41(36-21-11-4-12-22-36)46(50(55)56)44(47)39-29-27-33(28-30-39)31-40(35-19-9-3-10-20-35)60-52(58)48-42(37-23-13-5-14-24-37)45(49(53)54)43(48)38-25-15-6-16-26-38/h2-30,32,40-48H,31H2,1H3,(H,53,54)(H,55,56)/t32-,40-,41-,42+,43+,44-,45-,46-,47+,48+/m0/s1. The van der Waals surface area contributed by atoms with Crippen LogP contribution in [0.1, 0.15) is 81.7 Å². The van der Waals surface area contributed by atoms with Gasteiger partial charge in [0.05, 0.1) is 23.7 Å². The van der Waals surface area contributed by atoms with E-state index in [1.54, 1.807) is 0 Å². The summed E-state index contributed by atoms with van der Waals surface area (Å²) in [6.07, 6.45) is -0.932. The van der Waals surface area contributed by atoms with Gasteiger partial charge in [-0.1, -0.05) is 176 Å². The zero-order valence-corrected chi connectivity index (χ0v) is 33.1. The normalized spacial score (nSPS) is 24.1. The highest BCUT2D eigenvalue weighted by Crippen LogP contribution is 2.59. The molecule has 8 rings (SSSR count). The third kappa shape index (κ3) is 7.97. The highest BCUT2D eigenvalue weighted by molar-refractivity contribution is 5.86. The predicted molar refractivity (Wildman–Crippen MR) is 226 cm³/mol. The van der Waals surface area contributed by atoms with E-state index in [1.807, 2.05) is 183 Å². The van der Waals surface area contributed by atoms with E-state index < -0.39 is 83.4 Å². The second-order valence-corrected chi connectivity index (χ2v) is 15.9. The summed E-state index contributed by atoms with van der Waals surface area (Å²) < 4.78 is 12.5. The van der Waals surface area contributed by atoms with Crippen LogP contribution in [0.3, 0.4) is 0 Å². The summed E-state index contributed by atoms with van der Waals surface area (Å²) >= 11 is 0. The fourth-order valence-electron chi connectivity index (χ4n) is 9.63. The average molecular weight is 799 g/mol. The molecule has 6 aromatic carbocycles. The maximum atomic E-state index is 14.5. The largest absolute Gasteiger partial charge is 0.481 e. The van der Waals surface area contributed by atoms with Crippen molar-refractivity contribution in [2.45, 2.75) is 49.2 Å². The number of hydrogen-bond acceptors (Lipinski definition) is 6. The lowest BCUT2D eigenvalue weighted by molar-refractivity contribution is -0.169. The maximum absolute atomic E-state index is 14.5. The minimum absolute atomic E-state index is 0.302. The number of carboxylic acid groups (broad SMARTS) is 2. The molecule has 0 spiro atoms. The van der Waals surface area contributed by atoms with Crippen LogP contribution in [-0.2, 0) is 35.1 Å². The molecule has 2 aliphatic rings. The molecule has 0 bridgehead atoms. The van der Waals surface area contributed by atoms with Gasteiger partial charge in [0.15, 0.2) is 0 Å². The second-order valence-electron chi connectivity index (χ2n) is 15.9. The number of carbonyl (C=O) groups excluding carboxylic acids is 2. The maximum Gasteiger partial charge on any atom is 0.310 e. The molecule has 0 saturated heterocycles. The van der Waals surface area contributed by atoms with Crippen LogP contribution in [0.15, 0.2) is 176 Å². The lowest BCUT2D eigenvalue weighted by atomic mass is 9.52. The molecule has 0 aliphatic heterocycles. The third-order valence-corrected chi connectivity index (χ3v) is 12.5. The molecule has 2 aliphatic carbocycles. The number of rotatable bonds is 14. The molecular formula is C52H46O8. The Labute approximate surface area is 349 Å². The number of ether oxygens (including phenoxy) is 2. The molecule has 8 nitrogen and oxygen atoms in total. The van der Waals surface area contributed by atoms with Crippen LogP contribution in [0.4, 0.5) is 0 Å². The van der Waals surface area contributed by atoms with Gasteiger partial charge in [-0.05, 0) is 45.9 Å². The van der Waals surface area contributed by atoms with Gasteiger partial charge in [0.2, 0.25) is 0 Å². The molecule has 0 heterocycles.